The van der Waals surface area contributed by atoms with Crippen molar-refractivity contribution < 1.29 is 0 Å². The van der Waals surface area contributed by atoms with Gasteiger partial charge in [0.15, 0.2) is 0 Å². The highest BCUT2D eigenvalue weighted by Crippen LogP contribution is 2.05. The first-order valence-electron chi connectivity index (χ1n) is 4.91. The van der Waals surface area contributed by atoms with Crippen molar-refractivity contribution in [1.29, 1.82) is 0 Å². The minimum absolute atomic E-state index is 0.945. The normalized spacial score (nSPS) is 10.0. The maximum absolute atomic E-state index is 4.19. The van der Waals surface area contributed by atoms with Crippen molar-refractivity contribution >= 4 is 5.82 Å². The summed E-state index contributed by atoms with van der Waals surface area (Å²) < 4.78 is 0. The number of aryl methyl sites for hydroxylation is 1. The first kappa shape index (κ1) is 9.96. The fourth-order valence-electron chi connectivity index (χ4n) is 1.14. The number of hydrogen-bond donors (Lipinski definition) is 1. The largest absolute Gasteiger partial charge is 0.370 e. The van der Waals surface area contributed by atoms with Gasteiger partial charge in [0.1, 0.15) is 12.1 Å². The van der Waals surface area contributed by atoms with Crippen LogP contribution in [0.3, 0.4) is 0 Å². The van der Waals surface area contributed by atoms with Crippen LogP contribution in [0, 0.1) is 0 Å². The molecule has 1 N–H and O–H groups in total. The Kier molecular flexibility index (Phi) is 4.23. The molecule has 1 heterocycles. The van der Waals surface area contributed by atoms with Gasteiger partial charge in [-0.25, -0.2) is 9.97 Å². The summed E-state index contributed by atoms with van der Waals surface area (Å²) in [7, 11) is 0. The fraction of sp³-hybridized carbons (Fsp3) is 0.600. The van der Waals surface area contributed by atoms with E-state index in [4.69, 9.17) is 0 Å². The number of anilines is 1. The summed E-state index contributed by atoms with van der Waals surface area (Å²) >= 11 is 0. The van der Waals surface area contributed by atoms with Gasteiger partial charge in [0.05, 0.1) is 0 Å². The lowest BCUT2D eigenvalue weighted by molar-refractivity contribution is 0.869. The summed E-state index contributed by atoms with van der Waals surface area (Å²) in [5, 5.41) is 3.24. The van der Waals surface area contributed by atoms with E-state index in [1.54, 1.807) is 6.33 Å². The van der Waals surface area contributed by atoms with Gasteiger partial charge >= 0.3 is 0 Å². The molecule has 1 aromatic rings. The molecule has 0 atom stereocenters. The second kappa shape index (κ2) is 5.51. The van der Waals surface area contributed by atoms with Crippen molar-refractivity contribution in [3.05, 3.63) is 18.1 Å². The molecule has 0 saturated heterocycles. The van der Waals surface area contributed by atoms with Crippen molar-refractivity contribution in [2.45, 2.75) is 33.1 Å². The zero-order chi connectivity index (χ0) is 9.52. The van der Waals surface area contributed by atoms with E-state index in [0.717, 1.165) is 37.3 Å². The topological polar surface area (TPSA) is 37.8 Å². The summed E-state index contributed by atoms with van der Waals surface area (Å²) in [4.78, 5) is 8.32. The Morgan fingerprint density at radius 2 is 2.08 bits per heavy atom. The molecule has 3 nitrogen and oxygen atoms in total. The fourth-order valence-corrected chi connectivity index (χ4v) is 1.14. The Morgan fingerprint density at radius 1 is 1.23 bits per heavy atom. The highest BCUT2D eigenvalue weighted by atomic mass is 15.0. The van der Waals surface area contributed by atoms with Gasteiger partial charge in [-0.05, 0) is 12.8 Å². The second-order valence-electron chi connectivity index (χ2n) is 3.07. The van der Waals surface area contributed by atoms with Crippen molar-refractivity contribution in [3.63, 3.8) is 0 Å². The summed E-state index contributed by atoms with van der Waals surface area (Å²) in [6.07, 6.45) is 4.91. The minimum Gasteiger partial charge on any atom is -0.370 e. The smallest absolute Gasteiger partial charge is 0.129 e. The molecule has 0 aromatic carbocycles. The van der Waals surface area contributed by atoms with Gasteiger partial charge in [0.2, 0.25) is 0 Å². The molecule has 0 saturated carbocycles. The van der Waals surface area contributed by atoms with Gasteiger partial charge in [-0.3, -0.25) is 0 Å². The van der Waals surface area contributed by atoms with E-state index in [9.17, 15) is 0 Å². The number of rotatable bonds is 5. The van der Waals surface area contributed by atoms with E-state index >= 15 is 0 Å². The molecule has 72 valence electrons. The molecule has 0 bridgehead atoms. The quantitative estimate of drug-likeness (QED) is 0.753. The van der Waals surface area contributed by atoms with Crippen LogP contribution < -0.4 is 5.32 Å². The van der Waals surface area contributed by atoms with Crippen LogP contribution >= 0.6 is 0 Å². The van der Waals surface area contributed by atoms with Crippen LogP contribution in [0.15, 0.2) is 12.4 Å². The van der Waals surface area contributed by atoms with Crippen molar-refractivity contribution in [2.75, 3.05) is 11.9 Å². The predicted octanol–water partition coefficient (Wildman–Crippen LogP) is 2.25. The third-order valence-electron chi connectivity index (χ3n) is 1.79. The molecule has 13 heavy (non-hydrogen) atoms. The molecule has 0 aliphatic carbocycles. The van der Waals surface area contributed by atoms with E-state index in [1.165, 1.54) is 0 Å². The first-order valence-corrected chi connectivity index (χ1v) is 4.91. The Bertz CT molecular complexity index is 248. The maximum Gasteiger partial charge on any atom is 0.129 e. The summed E-state index contributed by atoms with van der Waals surface area (Å²) in [5.74, 6) is 0.945. The Balaban J connectivity index is 2.56. The number of hydrogen-bond acceptors (Lipinski definition) is 3. The lowest BCUT2D eigenvalue weighted by Crippen LogP contribution is -2.03. The zero-order valence-electron chi connectivity index (χ0n) is 8.38. The van der Waals surface area contributed by atoms with Crippen molar-refractivity contribution in [3.8, 4) is 0 Å². The summed E-state index contributed by atoms with van der Waals surface area (Å²) in [5.41, 5.74) is 1.12. The highest BCUT2D eigenvalue weighted by Gasteiger charge is 1.96. The molecule has 0 radical (unpaired) electrons. The molecule has 0 aliphatic rings. The highest BCUT2D eigenvalue weighted by molar-refractivity contribution is 5.34. The minimum atomic E-state index is 0.945. The van der Waals surface area contributed by atoms with E-state index in [-0.39, 0.29) is 0 Å². The monoisotopic (exact) mass is 179 g/mol. The van der Waals surface area contributed by atoms with Gasteiger partial charge in [0.25, 0.3) is 0 Å². The molecule has 0 amide bonds. The lowest BCUT2D eigenvalue weighted by Gasteiger charge is -2.04. The maximum atomic E-state index is 4.19. The Morgan fingerprint density at radius 3 is 2.77 bits per heavy atom. The third-order valence-corrected chi connectivity index (χ3v) is 1.79. The average Bonchev–Trinajstić information content (AvgIpc) is 2.16. The van der Waals surface area contributed by atoms with Crippen LogP contribution in [-0.2, 0) is 6.42 Å². The first-order chi connectivity index (χ1) is 6.36. The van der Waals surface area contributed by atoms with Crippen LogP contribution in [0.5, 0.6) is 0 Å². The van der Waals surface area contributed by atoms with Crippen LogP contribution in [0.2, 0.25) is 0 Å². The van der Waals surface area contributed by atoms with Crippen LogP contribution in [-0.4, -0.2) is 16.5 Å². The Labute approximate surface area is 79.6 Å². The van der Waals surface area contributed by atoms with E-state index in [2.05, 4.69) is 29.1 Å². The summed E-state index contributed by atoms with van der Waals surface area (Å²) in [6, 6.07) is 2.03. The van der Waals surface area contributed by atoms with E-state index in [1.807, 2.05) is 6.07 Å². The summed E-state index contributed by atoms with van der Waals surface area (Å²) in [6.45, 7) is 5.27. The molecule has 1 rings (SSSR count). The van der Waals surface area contributed by atoms with Crippen molar-refractivity contribution in [1.82, 2.24) is 9.97 Å². The van der Waals surface area contributed by atoms with Crippen molar-refractivity contribution in [2.24, 2.45) is 0 Å². The molecule has 3 heteroatoms. The van der Waals surface area contributed by atoms with Gasteiger partial charge in [0, 0.05) is 18.3 Å². The molecular formula is C10H17N3. The number of nitrogens with zero attached hydrogens (tertiary/aromatic N) is 2. The lowest BCUT2D eigenvalue weighted by atomic mass is 10.2. The Hall–Kier alpha value is -1.12. The number of aromatic nitrogens is 2. The predicted molar refractivity (Wildman–Crippen MR) is 54.8 cm³/mol. The van der Waals surface area contributed by atoms with Gasteiger partial charge < -0.3 is 5.32 Å². The standard InChI is InChI=1S/C10H17N3/c1-3-5-9-7-10(11-6-4-2)13-8-12-9/h7-8H,3-6H2,1-2H3,(H,11,12,13). The van der Waals surface area contributed by atoms with Gasteiger partial charge in [-0.1, -0.05) is 20.3 Å². The van der Waals surface area contributed by atoms with Crippen LogP contribution in [0.1, 0.15) is 32.4 Å². The zero-order valence-corrected chi connectivity index (χ0v) is 8.38. The van der Waals surface area contributed by atoms with Gasteiger partial charge in [-0.2, -0.15) is 0 Å². The second-order valence-corrected chi connectivity index (χ2v) is 3.07. The van der Waals surface area contributed by atoms with E-state index in [0.29, 0.717) is 0 Å². The average molecular weight is 179 g/mol. The third kappa shape index (κ3) is 3.40. The number of nitrogens with one attached hydrogen (secondary N) is 1. The molecule has 0 spiro atoms. The molecule has 1 aromatic heterocycles. The molecule has 0 unspecified atom stereocenters. The van der Waals surface area contributed by atoms with E-state index < -0.39 is 0 Å². The molecule has 0 fully saturated rings. The molecular weight excluding hydrogens is 162 g/mol. The van der Waals surface area contributed by atoms with Gasteiger partial charge in [-0.15, -0.1) is 0 Å². The molecule has 0 aliphatic heterocycles. The van der Waals surface area contributed by atoms with Crippen LogP contribution in [0.4, 0.5) is 5.82 Å². The SMILES string of the molecule is CCCNc1cc(CCC)ncn1. The van der Waals surface area contributed by atoms with Crippen LogP contribution in [0.25, 0.3) is 0 Å².